The second-order valence-corrected chi connectivity index (χ2v) is 8.18. The minimum Gasteiger partial charge on any atom is -0.373 e. The first-order chi connectivity index (χ1) is 15.8. The van der Waals surface area contributed by atoms with Crippen LogP contribution in [0.5, 0.6) is 0 Å². The molecule has 1 aliphatic heterocycles. The molecule has 10 heteroatoms. The molecule has 0 spiro atoms. The molecule has 0 unspecified atom stereocenters. The van der Waals surface area contributed by atoms with Crippen molar-refractivity contribution in [2.24, 2.45) is 7.05 Å². The highest BCUT2D eigenvalue weighted by atomic mass is 19.1. The van der Waals surface area contributed by atoms with Crippen LogP contribution in [0.2, 0.25) is 0 Å². The Bertz CT molecular complexity index is 1430. The third-order valence-corrected chi connectivity index (χ3v) is 5.93. The molecule has 0 saturated carbocycles. The van der Waals surface area contributed by atoms with E-state index in [1.165, 1.54) is 19.2 Å². The molecular weight excluding hydrogens is 435 g/mol. The van der Waals surface area contributed by atoms with Gasteiger partial charge in [0.05, 0.1) is 23.7 Å². The van der Waals surface area contributed by atoms with E-state index >= 15 is 0 Å². The summed E-state index contributed by atoms with van der Waals surface area (Å²) >= 11 is 0. The van der Waals surface area contributed by atoms with Gasteiger partial charge in [-0.15, -0.1) is 0 Å². The summed E-state index contributed by atoms with van der Waals surface area (Å²) in [6.07, 6.45) is 5.97. The van der Waals surface area contributed by atoms with Gasteiger partial charge >= 0.3 is 0 Å². The lowest BCUT2D eigenvalue weighted by Crippen LogP contribution is -2.24. The summed E-state index contributed by atoms with van der Waals surface area (Å²) in [6, 6.07) is 3.08. The number of nitrogens with zero attached hydrogens (tertiary/aromatic N) is 5. The van der Waals surface area contributed by atoms with Crippen molar-refractivity contribution in [3.05, 3.63) is 81.5 Å². The Hall–Kier alpha value is -3.53. The minimum absolute atomic E-state index is 0.00373. The maximum absolute atomic E-state index is 14.7. The van der Waals surface area contributed by atoms with Gasteiger partial charge in [0.25, 0.3) is 5.56 Å². The maximum atomic E-state index is 14.7. The first-order valence-corrected chi connectivity index (χ1v) is 10.5. The van der Waals surface area contributed by atoms with Crippen molar-refractivity contribution in [2.45, 2.75) is 31.8 Å². The molecule has 1 aromatic carbocycles. The monoisotopic (exact) mass is 455 g/mol. The van der Waals surface area contributed by atoms with Gasteiger partial charge in [0.2, 0.25) is 5.82 Å². The van der Waals surface area contributed by atoms with Crippen LogP contribution in [0.4, 0.5) is 13.2 Å². The number of ether oxygens (including phenoxy) is 1. The van der Waals surface area contributed by atoms with Gasteiger partial charge < -0.3 is 4.74 Å². The quantitative estimate of drug-likeness (QED) is 0.469. The molecule has 0 bridgehead atoms. The van der Waals surface area contributed by atoms with Gasteiger partial charge in [0.15, 0.2) is 5.65 Å². The van der Waals surface area contributed by atoms with Gasteiger partial charge in [-0.1, -0.05) is 0 Å². The normalized spacial score (nSPS) is 18.7. The van der Waals surface area contributed by atoms with Crippen LogP contribution in [-0.2, 0) is 11.8 Å². The van der Waals surface area contributed by atoms with Gasteiger partial charge in [-0.3, -0.25) is 13.9 Å². The summed E-state index contributed by atoms with van der Waals surface area (Å²) < 4.78 is 51.3. The zero-order valence-corrected chi connectivity index (χ0v) is 17.9. The standard InChI is InChI=1S/C23H20F3N5O2/c1-12-20(26)23(32)31-11-18(13-5-6-33-19(7-13)14-9-27-30(2)10-14)29-21(22(31)28-12)16-4-3-15(24)8-17(16)25/h3-4,8-11,13,19H,5-7H2,1-2H3/t13-,19-/m0/s1. The summed E-state index contributed by atoms with van der Waals surface area (Å²) in [7, 11) is 1.81. The lowest BCUT2D eigenvalue weighted by molar-refractivity contribution is 0.00455. The molecule has 3 aromatic heterocycles. The Labute approximate surface area is 186 Å². The number of rotatable bonds is 3. The second kappa shape index (κ2) is 8.11. The Morgan fingerprint density at radius 1 is 1.15 bits per heavy atom. The Morgan fingerprint density at radius 2 is 1.97 bits per heavy atom. The fourth-order valence-electron chi connectivity index (χ4n) is 4.21. The maximum Gasteiger partial charge on any atom is 0.294 e. The van der Waals surface area contributed by atoms with Crippen LogP contribution in [0.1, 0.15) is 41.8 Å². The summed E-state index contributed by atoms with van der Waals surface area (Å²) in [6.45, 7) is 1.80. The Morgan fingerprint density at radius 3 is 2.70 bits per heavy atom. The summed E-state index contributed by atoms with van der Waals surface area (Å²) in [5.41, 5.74) is 0.392. The molecule has 4 heterocycles. The van der Waals surface area contributed by atoms with Gasteiger partial charge in [-0.05, 0) is 31.9 Å². The largest absolute Gasteiger partial charge is 0.373 e. The van der Waals surface area contributed by atoms with Gasteiger partial charge in [-0.2, -0.15) is 9.49 Å². The molecule has 1 saturated heterocycles. The van der Waals surface area contributed by atoms with Crippen LogP contribution < -0.4 is 5.56 Å². The van der Waals surface area contributed by atoms with Crippen molar-refractivity contribution in [1.82, 2.24) is 24.1 Å². The number of benzene rings is 1. The van der Waals surface area contributed by atoms with Crippen molar-refractivity contribution < 1.29 is 17.9 Å². The smallest absolute Gasteiger partial charge is 0.294 e. The minimum atomic E-state index is -0.990. The first kappa shape index (κ1) is 21.3. The molecule has 33 heavy (non-hydrogen) atoms. The molecular formula is C23H20F3N5O2. The number of aromatic nitrogens is 5. The molecule has 7 nitrogen and oxygen atoms in total. The topological polar surface area (TPSA) is 74.3 Å². The van der Waals surface area contributed by atoms with E-state index in [4.69, 9.17) is 4.74 Å². The highest BCUT2D eigenvalue weighted by Gasteiger charge is 2.29. The number of halogens is 3. The van der Waals surface area contributed by atoms with Crippen LogP contribution >= 0.6 is 0 Å². The van der Waals surface area contributed by atoms with Gasteiger partial charge in [-0.25, -0.2) is 18.7 Å². The Balaban J connectivity index is 1.67. The predicted octanol–water partition coefficient (Wildman–Crippen LogP) is 3.85. The average Bonchev–Trinajstić information content (AvgIpc) is 3.24. The average molecular weight is 455 g/mol. The lowest BCUT2D eigenvalue weighted by Gasteiger charge is -2.29. The van der Waals surface area contributed by atoms with E-state index in [9.17, 15) is 18.0 Å². The van der Waals surface area contributed by atoms with Crippen molar-refractivity contribution in [3.8, 4) is 11.3 Å². The molecule has 1 fully saturated rings. The molecule has 5 rings (SSSR count). The fraction of sp³-hybridized carbons (Fsp3) is 0.304. The van der Waals surface area contributed by atoms with E-state index in [1.807, 2.05) is 13.2 Å². The van der Waals surface area contributed by atoms with Gasteiger partial charge in [0, 0.05) is 49.2 Å². The molecule has 0 aliphatic carbocycles. The van der Waals surface area contributed by atoms with Crippen molar-refractivity contribution in [2.75, 3.05) is 6.61 Å². The van der Waals surface area contributed by atoms with E-state index < -0.39 is 23.0 Å². The molecule has 0 N–H and O–H groups in total. The molecule has 170 valence electrons. The van der Waals surface area contributed by atoms with E-state index in [0.717, 1.165) is 22.1 Å². The summed E-state index contributed by atoms with van der Waals surface area (Å²) in [4.78, 5) is 21.5. The predicted molar refractivity (Wildman–Crippen MR) is 113 cm³/mol. The highest BCUT2D eigenvalue weighted by Crippen LogP contribution is 2.37. The van der Waals surface area contributed by atoms with Crippen molar-refractivity contribution in [1.29, 1.82) is 0 Å². The zero-order valence-electron chi connectivity index (χ0n) is 17.9. The lowest BCUT2D eigenvalue weighted by atomic mass is 9.90. The summed E-state index contributed by atoms with van der Waals surface area (Å²) in [5.74, 6) is -2.73. The van der Waals surface area contributed by atoms with Crippen LogP contribution in [0.25, 0.3) is 16.9 Å². The molecule has 0 amide bonds. The van der Waals surface area contributed by atoms with Crippen LogP contribution in [0.3, 0.4) is 0 Å². The van der Waals surface area contributed by atoms with E-state index in [1.54, 1.807) is 10.9 Å². The third-order valence-electron chi connectivity index (χ3n) is 5.93. The number of hydrogen-bond acceptors (Lipinski definition) is 5. The van der Waals surface area contributed by atoms with Crippen molar-refractivity contribution in [3.63, 3.8) is 0 Å². The highest BCUT2D eigenvalue weighted by molar-refractivity contribution is 5.74. The first-order valence-electron chi connectivity index (χ1n) is 10.5. The SMILES string of the molecule is Cc1nc2c(-c3ccc(F)cc3F)nc([C@H]3CCO[C@H](c4cnn(C)c4)C3)cn2c(=O)c1F. The number of aryl methyl sites for hydroxylation is 2. The van der Waals surface area contributed by atoms with Crippen LogP contribution in [-0.4, -0.2) is 30.8 Å². The van der Waals surface area contributed by atoms with E-state index in [0.29, 0.717) is 25.1 Å². The van der Waals surface area contributed by atoms with Crippen LogP contribution in [0, 0.1) is 24.4 Å². The van der Waals surface area contributed by atoms with E-state index in [2.05, 4.69) is 15.1 Å². The molecule has 2 atom stereocenters. The zero-order chi connectivity index (χ0) is 23.3. The molecule has 1 aliphatic rings. The van der Waals surface area contributed by atoms with Crippen LogP contribution in [0.15, 0.2) is 41.6 Å². The third kappa shape index (κ3) is 3.80. The van der Waals surface area contributed by atoms with Crippen molar-refractivity contribution >= 4 is 5.65 Å². The fourth-order valence-corrected chi connectivity index (χ4v) is 4.21. The summed E-state index contributed by atoms with van der Waals surface area (Å²) in [5, 5.41) is 4.18. The van der Waals surface area contributed by atoms with Gasteiger partial charge in [0.1, 0.15) is 17.3 Å². The number of hydrogen-bond donors (Lipinski definition) is 0. The molecule has 4 aromatic rings. The molecule has 0 radical (unpaired) electrons. The van der Waals surface area contributed by atoms with E-state index in [-0.39, 0.29) is 34.6 Å². The Kier molecular flexibility index (Phi) is 5.24. The number of fused-ring (bicyclic) bond motifs is 1. The second-order valence-electron chi connectivity index (χ2n) is 8.18.